The van der Waals surface area contributed by atoms with Crippen molar-refractivity contribution in [3.8, 4) is 0 Å². The second-order valence-electron chi connectivity index (χ2n) is 5.31. The normalized spacial score (nSPS) is 12.9. The first-order valence-electron chi connectivity index (χ1n) is 7.67. The molecule has 0 aliphatic carbocycles. The van der Waals surface area contributed by atoms with Crippen LogP contribution in [0.25, 0.3) is 11.0 Å². The first-order valence-corrected chi connectivity index (χ1v) is 7.67. The van der Waals surface area contributed by atoms with E-state index in [0.29, 0.717) is 5.58 Å². The van der Waals surface area contributed by atoms with Gasteiger partial charge in [-0.15, -0.1) is 0 Å². The number of rotatable bonds is 8. The predicted octanol–water partition coefficient (Wildman–Crippen LogP) is 5.19. The van der Waals surface area contributed by atoms with Gasteiger partial charge in [-0.05, 0) is 31.5 Å². The lowest BCUT2D eigenvalue weighted by Gasteiger charge is -2.15. The van der Waals surface area contributed by atoms with Gasteiger partial charge in [0, 0.05) is 5.39 Å². The van der Waals surface area contributed by atoms with Gasteiger partial charge in [-0.2, -0.15) is 0 Å². The molecule has 2 aromatic rings. The summed E-state index contributed by atoms with van der Waals surface area (Å²) in [6, 6.07) is 7.23. The molecule has 0 spiro atoms. The first kappa shape index (κ1) is 15.0. The SMILES string of the molecule is CCCCCC(NCCC)c1cc2cccc(F)c2o1. The van der Waals surface area contributed by atoms with Crippen molar-refractivity contribution >= 4 is 11.0 Å². The molecule has 0 aliphatic rings. The highest BCUT2D eigenvalue weighted by Crippen LogP contribution is 2.28. The molecule has 1 unspecified atom stereocenters. The van der Waals surface area contributed by atoms with E-state index in [0.717, 1.165) is 37.0 Å². The molecule has 1 aromatic heterocycles. The Morgan fingerprint density at radius 3 is 2.75 bits per heavy atom. The Labute approximate surface area is 120 Å². The van der Waals surface area contributed by atoms with Gasteiger partial charge in [0.15, 0.2) is 11.4 Å². The van der Waals surface area contributed by atoms with Crippen molar-refractivity contribution in [1.29, 1.82) is 0 Å². The highest BCUT2D eigenvalue weighted by Gasteiger charge is 2.16. The van der Waals surface area contributed by atoms with Crippen LogP contribution in [0.4, 0.5) is 4.39 Å². The summed E-state index contributed by atoms with van der Waals surface area (Å²) in [7, 11) is 0. The highest BCUT2D eigenvalue weighted by molar-refractivity contribution is 5.78. The Hall–Kier alpha value is -1.35. The van der Waals surface area contributed by atoms with Gasteiger partial charge in [-0.1, -0.05) is 45.2 Å². The van der Waals surface area contributed by atoms with Crippen LogP contribution in [0.1, 0.15) is 57.8 Å². The minimum Gasteiger partial charge on any atom is -0.456 e. The molecular formula is C17H24FNO. The maximum Gasteiger partial charge on any atom is 0.169 e. The van der Waals surface area contributed by atoms with E-state index in [1.165, 1.54) is 18.9 Å². The number of benzene rings is 1. The number of para-hydroxylation sites is 1. The summed E-state index contributed by atoms with van der Waals surface area (Å²) >= 11 is 0. The Morgan fingerprint density at radius 2 is 2.05 bits per heavy atom. The third kappa shape index (κ3) is 3.60. The third-order valence-electron chi connectivity index (χ3n) is 3.60. The van der Waals surface area contributed by atoms with Crippen LogP contribution >= 0.6 is 0 Å². The molecule has 20 heavy (non-hydrogen) atoms. The van der Waals surface area contributed by atoms with Crippen LogP contribution in [0, 0.1) is 5.82 Å². The summed E-state index contributed by atoms with van der Waals surface area (Å²) in [5.41, 5.74) is 0.376. The zero-order valence-corrected chi connectivity index (χ0v) is 12.4. The molecule has 2 nitrogen and oxygen atoms in total. The van der Waals surface area contributed by atoms with Crippen LogP contribution in [0.5, 0.6) is 0 Å². The van der Waals surface area contributed by atoms with Crippen molar-refractivity contribution in [2.75, 3.05) is 6.54 Å². The Bertz CT molecular complexity index is 535. The number of fused-ring (bicyclic) bond motifs is 1. The summed E-state index contributed by atoms with van der Waals surface area (Å²) in [5, 5.41) is 4.35. The van der Waals surface area contributed by atoms with Crippen LogP contribution in [-0.4, -0.2) is 6.54 Å². The van der Waals surface area contributed by atoms with Gasteiger partial charge in [0.2, 0.25) is 0 Å². The van der Waals surface area contributed by atoms with E-state index >= 15 is 0 Å². The smallest absolute Gasteiger partial charge is 0.169 e. The molecule has 3 heteroatoms. The van der Waals surface area contributed by atoms with Crippen LogP contribution in [-0.2, 0) is 0 Å². The standard InChI is InChI=1S/C17H24FNO/c1-3-5-6-10-15(19-11-4-2)16-12-13-8-7-9-14(18)17(13)20-16/h7-9,12,15,19H,3-6,10-11H2,1-2H3. The van der Waals surface area contributed by atoms with E-state index in [9.17, 15) is 4.39 Å². The van der Waals surface area contributed by atoms with Crippen molar-refractivity contribution in [1.82, 2.24) is 5.32 Å². The molecule has 110 valence electrons. The van der Waals surface area contributed by atoms with Crippen LogP contribution in [0.3, 0.4) is 0 Å². The van der Waals surface area contributed by atoms with E-state index in [1.807, 2.05) is 12.1 Å². The van der Waals surface area contributed by atoms with E-state index in [1.54, 1.807) is 6.07 Å². The zero-order chi connectivity index (χ0) is 14.4. The topological polar surface area (TPSA) is 25.2 Å². The van der Waals surface area contributed by atoms with Gasteiger partial charge in [-0.3, -0.25) is 0 Å². The molecule has 1 atom stereocenters. The van der Waals surface area contributed by atoms with E-state index in [-0.39, 0.29) is 11.9 Å². The summed E-state index contributed by atoms with van der Waals surface area (Å²) < 4.78 is 19.5. The Morgan fingerprint density at radius 1 is 1.20 bits per heavy atom. The largest absolute Gasteiger partial charge is 0.456 e. The van der Waals surface area contributed by atoms with Crippen molar-refractivity contribution in [3.05, 3.63) is 35.8 Å². The van der Waals surface area contributed by atoms with E-state index in [2.05, 4.69) is 19.2 Å². The number of hydrogen-bond donors (Lipinski definition) is 1. The number of hydrogen-bond acceptors (Lipinski definition) is 2. The van der Waals surface area contributed by atoms with Crippen molar-refractivity contribution in [2.24, 2.45) is 0 Å². The lowest BCUT2D eigenvalue weighted by Crippen LogP contribution is -2.21. The van der Waals surface area contributed by atoms with Crippen molar-refractivity contribution < 1.29 is 8.81 Å². The molecule has 1 N–H and O–H groups in total. The second-order valence-corrected chi connectivity index (χ2v) is 5.31. The maximum absolute atomic E-state index is 13.7. The Balaban J connectivity index is 2.18. The molecule has 0 saturated carbocycles. The minimum absolute atomic E-state index is 0.188. The van der Waals surface area contributed by atoms with Crippen molar-refractivity contribution in [2.45, 2.75) is 52.0 Å². The lowest BCUT2D eigenvalue weighted by molar-refractivity contribution is 0.394. The molecule has 1 heterocycles. The number of halogens is 1. The number of nitrogens with one attached hydrogen (secondary N) is 1. The van der Waals surface area contributed by atoms with Crippen LogP contribution in [0.15, 0.2) is 28.7 Å². The van der Waals surface area contributed by atoms with Crippen LogP contribution < -0.4 is 5.32 Å². The fraction of sp³-hybridized carbons (Fsp3) is 0.529. The number of unbranched alkanes of at least 4 members (excludes halogenated alkanes) is 2. The summed E-state index contributed by atoms with van der Waals surface area (Å²) in [4.78, 5) is 0. The van der Waals surface area contributed by atoms with Gasteiger partial charge in [-0.25, -0.2) is 4.39 Å². The molecule has 0 saturated heterocycles. The monoisotopic (exact) mass is 277 g/mol. The minimum atomic E-state index is -0.281. The molecular weight excluding hydrogens is 253 g/mol. The molecule has 0 radical (unpaired) electrons. The molecule has 1 aromatic carbocycles. The quantitative estimate of drug-likeness (QED) is 0.671. The fourth-order valence-electron chi connectivity index (χ4n) is 2.48. The fourth-order valence-corrected chi connectivity index (χ4v) is 2.48. The molecule has 0 fully saturated rings. The van der Waals surface area contributed by atoms with E-state index in [4.69, 9.17) is 4.42 Å². The number of furan rings is 1. The maximum atomic E-state index is 13.7. The molecule has 0 bridgehead atoms. The second kappa shape index (κ2) is 7.44. The third-order valence-corrected chi connectivity index (χ3v) is 3.60. The molecule has 0 amide bonds. The molecule has 2 rings (SSSR count). The van der Waals surface area contributed by atoms with Crippen molar-refractivity contribution in [3.63, 3.8) is 0 Å². The first-order chi connectivity index (χ1) is 9.76. The predicted molar refractivity (Wildman–Crippen MR) is 81.3 cm³/mol. The van der Waals surface area contributed by atoms with Gasteiger partial charge < -0.3 is 9.73 Å². The molecule has 0 aliphatic heterocycles. The summed E-state index contributed by atoms with van der Waals surface area (Å²) in [5.74, 6) is 0.575. The van der Waals surface area contributed by atoms with Gasteiger partial charge in [0.25, 0.3) is 0 Å². The summed E-state index contributed by atoms with van der Waals surface area (Å²) in [6.45, 7) is 5.30. The Kier molecular flexibility index (Phi) is 5.60. The van der Waals surface area contributed by atoms with Gasteiger partial charge in [0.1, 0.15) is 5.76 Å². The van der Waals surface area contributed by atoms with Gasteiger partial charge >= 0.3 is 0 Å². The van der Waals surface area contributed by atoms with Crippen LogP contribution in [0.2, 0.25) is 0 Å². The van der Waals surface area contributed by atoms with E-state index < -0.39 is 0 Å². The average Bonchev–Trinajstić information content (AvgIpc) is 2.88. The van der Waals surface area contributed by atoms with Gasteiger partial charge in [0.05, 0.1) is 6.04 Å². The summed E-state index contributed by atoms with van der Waals surface area (Å²) in [6.07, 6.45) is 5.71. The highest BCUT2D eigenvalue weighted by atomic mass is 19.1. The zero-order valence-electron chi connectivity index (χ0n) is 12.4. The average molecular weight is 277 g/mol. The lowest BCUT2D eigenvalue weighted by atomic mass is 10.1.